The number of fused-ring (bicyclic) bond motifs is 2. The normalized spacial score (nSPS) is 20.6. The van der Waals surface area contributed by atoms with Gasteiger partial charge in [0.1, 0.15) is 18.1 Å². The Kier molecular flexibility index (Phi) is 12.1. The standard InChI is InChI=1S/C33H44N4O8/c34-18-6-5-13-25(36-33(44)45-19-17-22-11-7-10-21-8-1-3-12-24(21)22)30(39)35-26(31(40)41)15-16-29(38)37-27-14-4-2-9-23(27)20-28(37)32(42)43/h1,3,7-8,10-12,23,25-28H,2,4-6,9,13-20,34H2,(H,35,39)(H,36,44)(H,40,41)(H,42,43)/t23-,25-,26+,27-,28-/m0/s1. The fraction of sp³-hybridized carbons (Fsp3) is 0.545. The van der Waals surface area contributed by atoms with E-state index in [-0.39, 0.29) is 37.8 Å². The fourth-order valence-electron chi connectivity index (χ4n) is 6.68. The third kappa shape index (κ3) is 8.93. The zero-order valence-electron chi connectivity index (χ0n) is 25.5. The van der Waals surface area contributed by atoms with Gasteiger partial charge in [-0.1, -0.05) is 55.3 Å². The second kappa shape index (κ2) is 16.2. The average molecular weight is 625 g/mol. The number of benzene rings is 2. The first kappa shape index (κ1) is 33.7. The molecule has 2 fully saturated rings. The lowest BCUT2D eigenvalue weighted by Crippen LogP contribution is -2.52. The maximum atomic E-state index is 13.2. The lowest BCUT2D eigenvalue weighted by atomic mass is 9.84. The van der Waals surface area contributed by atoms with Gasteiger partial charge in [0.15, 0.2) is 0 Å². The van der Waals surface area contributed by atoms with E-state index < -0.39 is 48.0 Å². The number of carboxylic acid groups (broad SMARTS) is 2. The van der Waals surface area contributed by atoms with Gasteiger partial charge in [-0.15, -0.1) is 0 Å². The fourth-order valence-corrected chi connectivity index (χ4v) is 6.68. The molecule has 0 aromatic heterocycles. The number of alkyl carbamates (subject to hydrolysis) is 1. The van der Waals surface area contributed by atoms with Crippen LogP contribution in [-0.2, 0) is 30.3 Å². The molecule has 2 aliphatic rings. The summed E-state index contributed by atoms with van der Waals surface area (Å²) in [5.74, 6) is -3.40. The molecule has 0 radical (unpaired) electrons. The van der Waals surface area contributed by atoms with Gasteiger partial charge in [-0.2, -0.15) is 0 Å². The maximum Gasteiger partial charge on any atom is 0.407 e. The molecule has 4 rings (SSSR count). The molecule has 1 aliphatic heterocycles. The van der Waals surface area contributed by atoms with Crippen molar-refractivity contribution in [2.24, 2.45) is 11.7 Å². The quantitative estimate of drug-likeness (QED) is 0.185. The third-order valence-electron chi connectivity index (χ3n) is 8.96. The summed E-state index contributed by atoms with van der Waals surface area (Å²) in [6.07, 6.45) is 4.45. The number of carbonyl (C=O) groups is 5. The predicted molar refractivity (Wildman–Crippen MR) is 166 cm³/mol. The highest BCUT2D eigenvalue weighted by Gasteiger charge is 2.47. The van der Waals surface area contributed by atoms with Crippen molar-refractivity contribution in [3.63, 3.8) is 0 Å². The van der Waals surface area contributed by atoms with Gasteiger partial charge in [-0.05, 0) is 73.7 Å². The van der Waals surface area contributed by atoms with Crippen molar-refractivity contribution in [1.29, 1.82) is 0 Å². The van der Waals surface area contributed by atoms with Crippen LogP contribution in [0, 0.1) is 5.92 Å². The Morgan fingerprint density at radius 2 is 1.69 bits per heavy atom. The van der Waals surface area contributed by atoms with Gasteiger partial charge in [0.2, 0.25) is 11.8 Å². The Labute approximate surface area is 262 Å². The number of nitrogens with one attached hydrogen (secondary N) is 2. The molecule has 6 N–H and O–H groups in total. The van der Waals surface area contributed by atoms with Gasteiger partial charge in [0.25, 0.3) is 0 Å². The molecule has 3 amide bonds. The molecule has 0 bridgehead atoms. The highest BCUT2D eigenvalue weighted by Crippen LogP contribution is 2.40. The smallest absolute Gasteiger partial charge is 0.407 e. The third-order valence-corrected chi connectivity index (χ3v) is 8.96. The number of ether oxygens (including phenoxy) is 1. The first-order chi connectivity index (χ1) is 21.7. The number of carboxylic acids is 2. The van der Waals surface area contributed by atoms with Crippen molar-refractivity contribution >= 4 is 40.6 Å². The molecular formula is C33H44N4O8. The molecule has 5 atom stereocenters. The monoisotopic (exact) mass is 624 g/mol. The number of hydrogen-bond acceptors (Lipinski definition) is 7. The SMILES string of the molecule is NCCCC[C@H](NC(=O)OCCc1cccc2ccccc12)C(=O)N[C@H](CCC(=O)N1[C@H](C(=O)O)C[C@@H]2CCCC[C@@H]21)C(=O)O. The van der Waals surface area contributed by atoms with Crippen molar-refractivity contribution in [3.8, 4) is 0 Å². The van der Waals surface area contributed by atoms with Gasteiger partial charge < -0.3 is 36.2 Å². The minimum atomic E-state index is -1.41. The summed E-state index contributed by atoms with van der Waals surface area (Å²) in [5.41, 5.74) is 6.61. The molecule has 0 unspecified atom stereocenters. The first-order valence-corrected chi connectivity index (χ1v) is 15.9. The Bertz CT molecular complexity index is 1360. The summed E-state index contributed by atoms with van der Waals surface area (Å²) < 4.78 is 5.37. The molecule has 0 spiro atoms. The first-order valence-electron chi connectivity index (χ1n) is 15.9. The van der Waals surface area contributed by atoms with Crippen LogP contribution in [0.4, 0.5) is 4.79 Å². The minimum absolute atomic E-state index is 0.0759. The Balaban J connectivity index is 1.33. The van der Waals surface area contributed by atoms with Gasteiger partial charge in [-0.3, -0.25) is 9.59 Å². The number of unbranched alkanes of at least 4 members (excludes halogenated alkanes) is 1. The van der Waals surface area contributed by atoms with Crippen molar-refractivity contribution in [2.75, 3.05) is 13.2 Å². The molecule has 244 valence electrons. The Hall–Kier alpha value is -4.19. The van der Waals surface area contributed by atoms with Crippen LogP contribution in [0.3, 0.4) is 0 Å². The zero-order valence-corrected chi connectivity index (χ0v) is 25.5. The second-order valence-electron chi connectivity index (χ2n) is 11.9. The number of carbonyl (C=O) groups excluding carboxylic acids is 3. The molecule has 1 heterocycles. The molecule has 1 aliphatic carbocycles. The number of nitrogens with two attached hydrogens (primary N) is 1. The second-order valence-corrected chi connectivity index (χ2v) is 11.9. The predicted octanol–water partition coefficient (Wildman–Crippen LogP) is 3.20. The highest BCUT2D eigenvalue weighted by molar-refractivity contribution is 5.90. The summed E-state index contributed by atoms with van der Waals surface area (Å²) in [6, 6.07) is 10.2. The van der Waals surface area contributed by atoms with E-state index in [1.807, 2.05) is 42.5 Å². The number of likely N-dealkylation sites (tertiary alicyclic amines) is 1. The van der Waals surface area contributed by atoms with Crippen LogP contribution in [0.5, 0.6) is 0 Å². The highest BCUT2D eigenvalue weighted by atomic mass is 16.5. The molecule has 2 aromatic carbocycles. The molecule has 45 heavy (non-hydrogen) atoms. The zero-order chi connectivity index (χ0) is 32.3. The van der Waals surface area contributed by atoms with Crippen LogP contribution in [0.15, 0.2) is 42.5 Å². The van der Waals surface area contributed by atoms with E-state index in [1.165, 1.54) is 4.90 Å². The Morgan fingerprint density at radius 1 is 0.933 bits per heavy atom. The van der Waals surface area contributed by atoms with Gasteiger partial charge >= 0.3 is 18.0 Å². The number of amides is 3. The van der Waals surface area contributed by atoms with Crippen molar-refractivity contribution < 1.29 is 38.9 Å². The molecule has 12 nitrogen and oxygen atoms in total. The van der Waals surface area contributed by atoms with Gasteiger partial charge in [0, 0.05) is 18.9 Å². The Morgan fingerprint density at radius 3 is 2.44 bits per heavy atom. The van der Waals surface area contributed by atoms with Crippen LogP contribution in [0.1, 0.15) is 69.8 Å². The molecule has 12 heteroatoms. The maximum absolute atomic E-state index is 13.2. The summed E-state index contributed by atoms with van der Waals surface area (Å²) in [4.78, 5) is 64.5. The number of rotatable bonds is 15. The summed E-state index contributed by atoms with van der Waals surface area (Å²) in [5, 5.41) is 26.7. The van der Waals surface area contributed by atoms with E-state index in [0.717, 1.165) is 42.0 Å². The van der Waals surface area contributed by atoms with Gasteiger partial charge in [-0.25, -0.2) is 14.4 Å². The van der Waals surface area contributed by atoms with E-state index in [2.05, 4.69) is 10.6 Å². The lowest BCUT2D eigenvalue weighted by Gasteiger charge is -2.33. The van der Waals surface area contributed by atoms with E-state index in [0.29, 0.717) is 32.2 Å². The molecular weight excluding hydrogens is 580 g/mol. The number of aliphatic carboxylic acids is 2. The van der Waals surface area contributed by atoms with E-state index in [1.54, 1.807) is 0 Å². The molecule has 1 saturated carbocycles. The summed E-state index contributed by atoms with van der Waals surface area (Å²) in [7, 11) is 0. The summed E-state index contributed by atoms with van der Waals surface area (Å²) in [6.45, 7) is 0.464. The largest absolute Gasteiger partial charge is 0.480 e. The van der Waals surface area contributed by atoms with E-state index >= 15 is 0 Å². The van der Waals surface area contributed by atoms with Crippen LogP contribution in [-0.4, -0.2) is 82.3 Å². The van der Waals surface area contributed by atoms with Gasteiger partial charge in [0.05, 0.1) is 6.61 Å². The number of hydrogen-bond donors (Lipinski definition) is 5. The van der Waals surface area contributed by atoms with Crippen LogP contribution >= 0.6 is 0 Å². The van der Waals surface area contributed by atoms with E-state index in [4.69, 9.17) is 10.5 Å². The van der Waals surface area contributed by atoms with Crippen LogP contribution in [0.25, 0.3) is 10.8 Å². The number of nitrogens with zero attached hydrogens (tertiary/aromatic N) is 1. The topological polar surface area (TPSA) is 188 Å². The van der Waals surface area contributed by atoms with E-state index in [9.17, 15) is 34.2 Å². The summed E-state index contributed by atoms with van der Waals surface area (Å²) >= 11 is 0. The van der Waals surface area contributed by atoms with Crippen LogP contribution in [0.2, 0.25) is 0 Å². The average Bonchev–Trinajstić information content (AvgIpc) is 3.43. The van der Waals surface area contributed by atoms with Crippen molar-refractivity contribution in [3.05, 3.63) is 48.0 Å². The van der Waals surface area contributed by atoms with Crippen molar-refractivity contribution in [1.82, 2.24) is 15.5 Å². The minimum Gasteiger partial charge on any atom is -0.480 e. The van der Waals surface area contributed by atoms with Crippen molar-refractivity contribution in [2.45, 2.75) is 94.8 Å². The molecule has 1 saturated heterocycles. The lowest BCUT2D eigenvalue weighted by molar-refractivity contribution is -0.150. The molecule has 2 aromatic rings. The van der Waals surface area contributed by atoms with Crippen LogP contribution < -0.4 is 16.4 Å².